The third-order valence-electron chi connectivity index (χ3n) is 3.78. The molecule has 0 aromatic heterocycles. The van der Waals surface area contributed by atoms with E-state index in [0.29, 0.717) is 17.7 Å². The van der Waals surface area contributed by atoms with Crippen molar-refractivity contribution in [3.05, 3.63) is 29.6 Å². The van der Waals surface area contributed by atoms with Crippen molar-refractivity contribution in [1.82, 2.24) is 0 Å². The Morgan fingerprint density at radius 3 is 2.39 bits per heavy atom. The average molecular weight is 255 g/mol. The van der Waals surface area contributed by atoms with Crippen molar-refractivity contribution in [3.63, 3.8) is 0 Å². The second-order valence-corrected chi connectivity index (χ2v) is 5.34. The lowest BCUT2D eigenvalue weighted by atomic mass is 9.66. The summed E-state index contributed by atoms with van der Waals surface area (Å²) in [7, 11) is 1.50. The fourth-order valence-electron chi connectivity index (χ4n) is 2.20. The van der Waals surface area contributed by atoms with Gasteiger partial charge in [-0.1, -0.05) is 13.0 Å². The molecule has 0 spiro atoms. The molecule has 1 aromatic carbocycles. The van der Waals surface area contributed by atoms with Crippen LogP contribution in [0.5, 0.6) is 5.75 Å². The molecule has 0 saturated carbocycles. The Morgan fingerprint density at radius 2 is 1.94 bits per heavy atom. The molecule has 102 valence electrons. The van der Waals surface area contributed by atoms with Crippen molar-refractivity contribution in [2.24, 2.45) is 5.73 Å². The first-order valence-corrected chi connectivity index (χ1v) is 6.00. The van der Waals surface area contributed by atoms with E-state index in [2.05, 4.69) is 0 Å². The van der Waals surface area contributed by atoms with Crippen LogP contribution in [0, 0.1) is 5.82 Å². The fourth-order valence-corrected chi connectivity index (χ4v) is 2.20. The zero-order valence-electron chi connectivity index (χ0n) is 11.5. The first kappa shape index (κ1) is 14.9. The molecule has 0 aliphatic heterocycles. The predicted molar refractivity (Wildman–Crippen MR) is 70.3 cm³/mol. The monoisotopic (exact) mass is 255 g/mol. The van der Waals surface area contributed by atoms with Crippen LogP contribution in [0.3, 0.4) is 0 Å². The minimum Gasteiger partial charge on any atom is -0.496 e. The van der Waals surface area contributed by atoms with Crippen molar-refractivity contribution < 1.29 is 14.2 Å². The lowest BCUT2D eigenvalue weighted by molar-refractivity contribution is 0.182. The van der Waals surface area contributed by atoms with Crippen LogP contribution in [0.1, 0.15) is 32.8 Å². The molecule has 1 aromatic rings. The smallest absolute Gasteiger partial charge is 0.130 e. The Kier molecular flexibility index (Phi) is 4.35. The molecule has 0 aliphatic carbocycles. The van der Waals surface area contributed by atoms with Crippen molar-refractivity contribution >= 4 is 0 Å². The highest BCUT2D eigenvalue weighted by Crippen LogP contribution is 2.42. The Hall–Kier alpha value is -1.13. The van der Waals surface area contributed by atoms with E-state index in [0.717, 1.165) is 0 Å². The van der Waals surface area contributed by atoms with Gasteiger partial charge in [-0.3, -0.25) is 0 Å². The van der Waals surface area contributed by atoms with Gasteiger partial charge in [0.15, 0.2) is 0 Å². The highest BCUT2D eigenvalue weighted by Gasteiger charge is 2.43. The maximum atomic E-state index is 14.2. The van der Waals surface area contributed by atoms with Gasteiger partial charge in [0.1, 0.15) is 11.6 Å². The lowest BCUT2D eigenvalue weighted by Gasteiger charge is -2.42. The molecule has 3 N–H and O–H groups in total. The zero-order chi connectivity index (χ0) is 14.0. The summed E-state index contributed by atoms with van der Waals surface area (Å²) in [5.41, 5.74) is 5.22. The van der Waals surface area contributed by atoms with E-state index >= 15 is 0 Å². The summed E-state index contributed by atoms with van der Waals surface area (Å²) in [5.74, 6) is 0.105. The maximum Gasteiger partial charge on any atom is 0.130 e. The van der Waals surface area contributed by atoms with Crippen LogP contribution in [-0.4, -0.2) is 24.4 Å². The maximum absolute atomic E-state index is 14.2. The summed E-state index contributed by atoms with van der Waals surface area (Å²) in [4.78, 5) is 0. The van der Waals surface area contributed by atoms with Crippen molar-refractivity contribution in [2.75, 3.05) is 13.7 Å². The number of halogens is 1. The largest absolute Gasteiger partial charge is 0.496 e. The number of benzene rings is 1. The second-order valence-electron chi connectivity index (χ2n) is 5.34. The Morgan fingerprint density at radius 1 is 1.33 bits per heavy atom. The predicted octanol–water partition coefficient (Wildman–Crippen LogP) is 2.21. The number of hydrogen-bond acceptors (Lipinski definition) is 3. The second kappa shape index (κ2) is 5.24. The summed E-state index contributed by atoms with van der Waals surface area (Å²) < 4.78 is 19.4. The van der Waals surface area contributed by atoms with E-state index in [1.165, 1.54) is 13.2 Å². The average Bonchev–Trinajstić information content (AvgIpc) is 2.27. The Labute approximate surface area is 108 Å². The third kappa shape index (κ3) is 2.49. The summed E-state index contributed by atoms with van der Waals surface area (Å²) in [6.07, 6.45) is 0.369. The van der Waals surface area contributed by atoms with Crippen LogP contribution in [0.4, 0.5) is 4.39 Å². The van der Waals surface area contributed by atoms with Crippen LogP contribution in [0.15, 0.2) is 18.2 Å². The first-order valence-electron chi connectivity index (χ1n) is 6.00. The van der Waals surface area contributed by atoms with Crippen LogP contribution >= 0.6 is 0 Å². The Bertz CT molecular complexity index is 415. The lowest BCUT2D eigenvalue weighted by Crippen LogP contribution is -2.53. The van der Waals surface area contributed by atoms with Gasteiger partial charge >= 0.3 is 0 Å². The third-order valence-corrected chi connectivity index (χ3v) is 3.78. The number of methoxy groups -OCH3 is 1. The molecule has 1 atom stereocenters. The summed E-state index contributed by atoms with van der Waals surface area (Å²) >= 11 is 0. The molecule has 0 aliphatic rings. The van der Waals surface area contributed by atoms with Crippen LogP contribution in [0.25, 0.3) is 0 Å². The molecule has 0 amide bonds. The van der Waals surface area contributed by atoms with Gasteiger partial charge in [-0.05, 0) is 32.4 Å². The van der Waals surface area contributed by atoms with Crippen molar-refractivity contribution in [2.45, 2.75) is 38.1 Å². The molecule has 0 saturated heterocycles. The molecule has 4 heteroatoms. The standard InChI is InChI=1S/C14H22FNO2/c1-13(2,16)14(3,8-9-17)12-10(15)6-5-7-11(12)18-4/h5-7,17H,8-9,16H2,1-4H3. The summed E-state index contributed by atoms with van der Waals surface area (Å²) in [6.45, 7) is 5.45. The topological polar surface area (TPSA) is 55.5 Å². The highest BCUT2D eigenvalue weighted by atomic mass is 19.1. The quantitative estimate of drug-likeness (QED) is 0.848. The molecule has 0 radical (unpaired) electrons. The van der Waals surface area contributed by atoms with Gasteiger partial charge in [-0.25, -0.2) is 4.39 Å². The van der Waals surface area contributed by atoms with E-state index in [-0.39, 0.29) is 12.4 Å². The van der Waals surface area contributed by atoms with E-state index < -0.39 is 11.0 Å². The molecule has 0 bridgehead atoms. The van der Waals surface area contributed by atoms with E-state index in [9.17, 15) is 9.50 Å². The van der Waals surface area contributed by atoms with E-state index in [1.807, 2.05) is 20.8 Å². The minimum absolute atomic E-state index is 0.0609. The van der Waals surface area contributed by atoms with Gasteiger partial charge in [0.05, 0.1) is 7.11 Å². The Balaban J connectivity index is 3.48. The number of rotatable bonds is 5. The van der Waals surface area contributed by atoms with Crippen LogP contribution < -0.4 is 10.5 Å². The zero-order valence-corrected chi connectivity index (χ0v) is 11.5. The molecule has 18 heavy (non-hydrogen) atoms. The van der Waals surface area contributed by atoms with Crippen molar-refractivity contribution in [1.29, 1.82) is 0 Å². The number of aliphatic hydroxyl groups excluding tert-OH is 1. The van der Waals surface area contributed by atoms with Gasteiger partial charge in [0.2, 0.25) is 0 Å². The van der Waals surface area contributed by atoms with Crippen LogP contribution in [0.2, 0.25) is 0 Å². The number of aliphatic hydroxyl groups is 1. The molecule has 3 nitrogen and oxygen atoms in total. The summed E-state index contributed by atoms with van der Waals surface area (Å²) in [6, 6.07) is 4.69. The van der Waals surface area contributed by atoms with Crippen molar-refractivity contribution in [3.8, 4) is 5.75 Å². The van der Waals surface area contributed by atoms with E-state index in [1.54, 1.807) is 12.1 Å². The molecule has 1 rings (SSSR count). The molecule has 1 unspecified atom stereocenters. The minimum atomic E-state index is -0.710. The molecular weight excluding hydrogens is 233 g/mol. The first-order chi connectivity index (χ1) is 8.28. The van der Waals surface area contributed by atoms with Gasteiger partial charge in [-0.2, -0.15) is 0 Å². The number of nitrogens with two attached hydrogens (primary N) is 1. The van der Waals surface area contributed by atoms with E-state index in [4.69, 9.17) is 10.5 Å². The normalized spacial score (nSPS) is 15.3. The number of ether oxygens (including phenoxy) is 1. The molecule has 0 fully saturated rings. The number of hydrogen-bond donors (Lipinski definition) is 2. The van der Waals surface area contributed by atoms with Gasteiger partial charge in [0, 0.05) is 23.1 Å². The molecular formula is C14H22FNO2. The molecule has 0 heterocycles. The highest BCUT2D eigenvalue weighted by molar-refractivity contribution is 5.42. The van der Waals surface area contributed by atoms with Gasteiger partial charge in [0.25, 0.3) is 0 Å². The van der Waals surface area contributed by atoms with Crippen LogP contribution in [-0.2, 0) is 5.41 Å². The summed E-state index contributed by atoms with van der Waals surface area (Å²) in [5, 5.41) is 9.26. The SMILES string of the molecule is COc1cccc(F)c1C(C)(CCO)C(C)(C)N. The van der Waals surface area contributed by atoms with Gasteiger partial charge in [-0.15, -0.1) is 0 Å². The van der Waals surface area contributed by atoms with Gasteiger partial charge < -0.3 is 15.6 Å². The fraction of sp³-hybridized carbons (Fsp3) is 0.571.